The summed E-state index contributed by atoms with van der Waals surface area (Å²) in [5, 5.41) is 12.8. The van der Waals surface area contributed by atoms with Crippen LogP contribution in [0.5, 0.6) is 5.75 Å². The molecule has 3 rings (SSSR count). The zero-order valence-electron chi connectivity index (χ0n) is 13.9. The van der Waals surface area contributed by atoms with Gasteiger partial charge in [-0.1, -0.05) is 36.4 Å². The van der Waals surface area contributed by atoms with Crippen LogP contribution in [-0.2, 0) is 10.2 Å². The first kappa shape index (κ1) is 17.8. The molecule has 3 aromatic rings. The fraction of sp³-hybridized carbons (Fsp3) is 0.111. The second-order valence-corrected chi connectivity index (χ2v) is 6.98. The Kier molecular flexibility index (Phi) is 4.37. The van der Waals surface area contributed by atoms with E-state index in [1.54, 1.807) is 24.3 Å². The lowest BCUT2D eigenvalue weighted by atomic mass is 9.94. The molecule has 0 saturated heterocycles. The Morgan fingerprint density at radius 2 is 1.69 bits per heavy atom. The topological polar surface area (TPSA) is 86.5 Å². The maximum absolute atomic E-state index is 13.9. The van der Waals surface area contributed by atoms with E-state index in [2.05, 4.69) is 0 Å². The van der Waals surface area contributed by atoms with Crippen molar-refractivity contribution in [3.05, 3.63) is 64.2 Å². The molecule has 0 N–H and O–H groups in total. The second-order valence-electron chi connectivity index (χ2n) is 5.66. The van der Waals surface area contributed by atoms with Gasteiger partial charge in [0.05, 0.1) is 17.6 Å². The van der Waals surface area contributed by atoms with E-state index in [-0.39, 0.29) is 11.3 Å². The zero-order valence-corrected chi connectivity index (χ0v) is 14.7. The molecular formula is C18H14FNO5S. The number of fused-ring (bicyclic) bond motifs is 1. The van der Waals surface area contributed by atoms with Crippen LogP contribution in [0, 0.1) is 17.0 Å². The van der Waals surface area contributed by atoms with Gasteiger partial charge in [-0.25, -0.2) is 0 Å². The highest BCUT2D eigenvalue weighted by atomic mass is 32.3. The summed E-state index contributed by atoms with van der Waals surface area (Å²) in [4.78, 5) is 9.95. The smallest absolute Gasteiger partial charge is 0.332 e. The molecule has 0 saturated carbocycles. The van der Waals surface area contributed by atoms with Gasteiger partial charge in [-0.3, -0.25) is 10.1 Å². The fourth-order valence-corrected chi connectivity index (χ4v) is 3.71. The number of nitro benzene ring substituents is 1. The van der Waals surface area contributed by atoms with Crippen molar-refractivity contribution in [2.45, 2.75) is 11.8 Å². The molecule has 8 heteroatoms. The maximum Gasteiger partial charge on any atom is 0.332 e. The number of benzene rings is 3. The first-order chi connectivity index (χ1) is 12.3. The molecule has 6 nitrogen and oxygen atoms in total. The molecule has 0 aliphatic heterocycles. The first-order valence-corrected chi connectivity index (χ1v) is 8.93. The molecule has 0 bridgehead atoms. The van der Waals surface area contributed by atoms with Crippen LogP contribution in [0.4, 0.5) is 9.57 Å². The van der Waals surface area contributed by atoms with E-state index in [4.69, 9.17) is 4.74 Å². The minimum Gasteiger partial charge on any atom is -0.490 e. The summed E-state index contributed by atoms with van der Waals surface area (Å²) in [7, 11) is -3.96. The van der Waals surface area contributed by atoms with Crippen molar-refractivity contribution in [1.82, 2.24) is 0 Å². The number of aryl methyl sites for hydroxylation is 1. The molecule has 0 unspecified atom stereocenters. The molecule has 134 valence electrons. The van der Waals surface area contributed by atoms with E-state index in [9.17, 15) is 22.4 Å². The number of halogens is 1. The van der Waals surface area contributed by atoms with Crippen molar-refractivity contribution in [2.24, 2.45) is 0 Å². The lowest BCUT2D eigenvalue weighted by molar-refractivity contribution is -0.385. The minimum absolute atomic E-state index is 0.166. The quantitative estimate of drug-likeness (QED) is 0.383. The van der Waals surface area contributed by atoms with Crippen LogP contribution in [-0.4, -0.2) is 20.5 Å². The van der Waals surface area contributed by atoms with Crippen molar-refractivity contribution in [3.8, 4) is 16.9 Å². The third-order valence-electron chi connectivity index (χ3n) is 4.17. The largest absolute Gasteiger partial charge is 0.490 e. The molecule has 3 aromatic carbocycles. The van der Waals surface area contributed by atoms with Gasteiger partial charge in [-0.15, -0.1) is 3.89 Å². The van der Waals surface area contributed by atoms with Crippen molar-refractivity contribution in [2.75, 3.05) is 7.11 Å². The van der Waals surface area contributed by atoms with Crippen LogP contribution in [0.3, 0.4) is 0 Å². The Balaban J connectivity index is 2.54. The van der Waals surface area contributed by atoms with Gasteiger partial charge in [0.1, 0.15) is 4.90 Å². The summed E-state index contributed by atoms with van der Waals surface area (Å²) in [6, 6.07) is 12.3. The molecule has 0 spiro atoms. The van der Waals surface area contributed by atoms with Crippen molar-refractivity contribution in [3.63, 3.8) is 0 Å². The molecule has 26 heavy (non-hydrogen) atoms. The monoisotopic (exact) mass is 375 g/mol. The summed E-state index contributed by atoms with van der Waals surface area (Å²) in [6.45, 7) is 1.88. The van der Waals surface area contributed by atoms with E-state index in [1.807, 2.05) is 19.1 Å². The zero-order chi connectivity index (χ0) is 19.1. The van der Waals surface area contributed by atoms with Gasteiger partial charge in [-0.05, 0) is 34.9 Å². The van der Waals surface area contributed by atoms with E-state index in [0.29, 0.717) is 10.9 Å². The Morgan fingerprint density at radius 1 is 1.04 bits per heavy atom. The van der Waals surface area contributed by atoms with Crippen molar-refractivity contribution in [1.29, 1.82) is 0 Å². The number of methoxy groups -OCH3 is 1. The molecule has 0 heterocycles. The number of rotatable bonds is 4. The van der Waals surface area contributed by atoms with Crippen LogP contribution in [0.15, 0.2) is 53.4 Å². The highest BCUT2D eigenvalue weighted by molar-refractivity contribution is 7.86. The predicted molar refractivity (Wildman–Crippen MR) is 95.6 cm³/mol. The highest BCUT2D eigenvalue weighted by Crippen LogP contribution is 2.45. The van der Waals surface area contributed by atoms with Crippen molar-refractivity contribution < 1.29 is 22.0 Å². The second kappa shape index (κ2) is 6.38. The Morgan fingerprint density at radius 3 is 2.27 bits per heavy atom. The SMILES string of the molecule is COc1c([N+](=O)[O-])ccc(S(=O)(=O)F)c1-c1ccc(C)c2ccccc12. The normalized spacial score (nSPS) is 11.5. The van der Waals surface area contributed by atoms with Gasteiger partial charge < -0.3 is 4.74 Å². The molecular weight excluding hydrogens is 361 g/mol. The van der Waals surface area contributed by atoms with Crippen LogP contribution >= 0.6 is 0 Å². The fourth-order valence-electron chi connectivity index (χ4n) is 3.03. The van der Waals surface area contributed by atoms with Crippen LogP contribution in [0.1, 0.15) is 5.56 Å². The minimum atomic E-state index is -5.14. The van der Waals surface area contributed by atoms with E-state index >= 15 is 0 Å². The maximum atomic E-state index is 13.9. The van der Waals surface area contributed by atoms with E-state index in [1.165, 1.54) is 7.11 Å². The average molecular weight is 375 g/mol. The molecule has 0 fully saturated rings. The molecule has 0 atom stereocenters. The molecule has 0 aromatic heterocycles. The third-order valence-corrected chi connectivity index (χ3v) is 5.04. The lowest BCUT2D eigenvalue weighted by Crippen LogP contribution is -2.03. The summed E-state index contributed by atoms with van der Waals surface area (Å²) in [5.41, 5.74) is 0.654. The van der Waals surface area contributed by atoms with Gasteiger partial charge in [-0.2, -0.15) is 8.42 Å². The number of nitrogens with zero attached hydrogens (tertiary/aromatic N) is 1. The summed E-state index contributed by atoms with van der Waals surface area (Å²) in [5.74, 6) is -0.303. The number of hydrogen-bond acceptors (Lipinski definition) is 5. The molecule has 0 radical (unpaired) electrons. The number of ether oxygens (including phenoxy) is 1. The van der Waals surface area contributed by atoms with Crippen LogP contribution in [0.2, 0.25) is 0 Å². The molecule has 0 amide bonds. The van der Waals surface area contributed by atoms with Gasteiger partial charge in [0.25, 0.3) is 0 Å². The van der Waals surface area contributed by atoms with Gasteiger partial charge in [0.15, 0.2) is 0 Å². The predicted octanol–water partition coefficient (Wildman–Crippen LogP) is 4.39. The summed E-state index contributed by atoms with van der Waals surface area (Å²) in [6.07, 6.45) is 0. The highest BCUT2D eigenvalue weighted by Gasteiger charge is 2.29. The van der Waals surface area contributed by atoms with Crippen LogP contribution < -0.4 is 4.74 Å². The first-order valence-electron chi connectivity index (χ1n) is 7.54. The van der Waals surface area contributed by atoms with Crippen LogP contribution in [0.25, 0.3) is 21.9 Å². The van der Waals surface area contributed by atoms with Gasteiger partial charge in [0.2, 0.25) is 5.75 Å². The summed E-state index contributed by atoms with van der Waals surface area (Å²) < 4.78 is 42.5. The Labute approximate surface area is 149 Å². The standard InChI is InChI=1S/C18H14FNO5S/c1-11-7-8-14(13-6-4-3-5-12(11)13)17-16(26(19,23)24)10-9-15(20(21)22)18(17)25-2/h3-10H,1-2H3. The van der Waals surface area contributed by atoms with Crippen molar-refractivity contribution >= 4 is 26.7 Å². The molecule has 0 aliphatic carbocycles. The number of nitro groups is 1. The lowest BCUT2D eigenvalue weighted by Gasteiger charge is -2.15. The summed E-state index contributed by atoms with van der Waals surface area (Å²) >= 11 is 0. The van der Waals surface area contributed by atoms with Gasteiger partial charge in [0, 0.05) is 6.07 Å². The Bertz CT molecular complexity index is 1140. The van der Waals surface area contributed by atoms with Gasteiger partial charge >= 0.3 is 15.9 Å². The van der Waals surface area contributed by atoms with E-state index in [0.717, 1.165) is 23.1 Å². The third kappa shape index (κ3) is 2.88. The van der Waals surface area contributed by atoms with E-state index < -0.39 is 25.7 Å². The number of hydrogen-bond donors (Lipinski definition) is 0. The Hall–Kier alpha value is -3.00. The molecule has 0 aliphatic rings. The average Bonchev–Trinajstić information content (AvgIpc) is 2.60.